The van der Waals surface area contributed by atoms with Crippen LogP contribution >= 0.6 is 24.0 Å². The van der Waals surface area contributed by atoms with E-state index in [0.29, 0.717) is 9.23 Å². The molecule has 0 radical (unpaired) electrons. The molecular formula is C13H12N2O4S2. The first kappa shape index (κ1) is 15.5. The molecule has 0 saturated carbocycles. The molecular weight excluding hydrogens is 312 g/mol. The standard InChI is InChI=1S/C13H12N2O4S2/c1-7(2)14-12(17)11(21-13(14)20)6-8-5-9(15(18)19)3-4-10(8)16/h3-7,16H,1-2H3. The van der Waals surface area contributed by atoms with E-state index in [1.807, 2.05) is 13.8 Å². The summed E-state index contributed by atoms with van der Waals surface area (Å²) < 4.78 is 0.436. The van der Waals surface area contributed by atoms with Gasteiger partial charge in [-0.2, -0.15) is 0 Å². The van der Waals surface area contributed by atoms with Crippen LogP contribution in [0.4, 0.5) is 5.69 Å². The van der Waals surface area contributed by atoms with Gasteiger partial charge in [0.15, 0.2) is 0 Å². The summed E-state index contributed by atoms with van der Waals surface area (Å²) >= 11 is 6.26. The summed E-state index contributed by atoms with van der Waals surface area (Å²) in [6.07, 6.45) is 1.42. The van der Waals surface area contributed by atoms with Crippen molar-refractivity contribution in [1.82, 2.24) is 4.90 Å². The molecule has 1 N–H and O–H groups in total. The van der Waals surface area contributed by atoms with Crippen molar-refractivity contribution in [3.8, 4) is 5.75 Å². The van der Waals surface area contributed by atoms with Crippen LogP contribution in [0.3, 0.4) is 0 Å². The minimum absolute atomic E-state index is 0.0675. The molecule has 110 valence electrons. The number of hydrogen-bond acceptors (Lipinski definition) is 6. The third kappa shape index (κ3) is 3.06. The quantitative estimate of drug-likeness (QED) is 0.398. The SMILES string of the molecule is CC(C)N1C(=O)C(=Cc2cc([N+](=O)[O-])ccc2O)SC1=S. The highest BCUT2D eigenvalue weighted by Crippen LogP contribution is 2.35. The molecule has 1 aliphatic heterocycles. The predicted molar refractivity (Wildman–Crippen MR) is 84.9 cm³/mol. The largest absolute Gasteiger partial charge is 0.507 e. The van der Waals surface area contributed by atoms with Crippen molar-refractivity contribution in [3.63, 3.8) is 0 Å². The Balaban J connectivity index is 2.41. The van der Waals surface area contributed by atoms with Gasteiger partial charge < -0.3 is 5.11 Å². The van der Waals surface area contributed by atoms with Gasteiger partial charge in [-0.05, 0) is 26.0 Å². The number of aromatic hydroxyl groups is 1. The van der Waals surface area contributed by atoms with E-state index in [0.717, 1.165) is 11.8 Å². The Morgan fingerprint density at radius 2 is 2.14 bits per heavy atom. The molecule has 21 heavy (non-hydrogen) atoms. The number of thioether (sulfide) groups is 1. The summed E-state index contributed by atoms with van der Waals surface area (Å²) in [4.78, 5) is 24.2. The molecule has 0 atom stereocenters. The molecule has 1 aliphatic rings. The van der Waals surface area contributed by atoms with Gasteiger partial charge in [0, 0.05) is 23.7 Å². The van der Waals surface area contributed by atoms with Gasteiger partial charge in [-0.15, -0.1) is 0 Å². The first-order valence-electron chi connectivity index (χ1n) is 6.05. The summed E-state index contributed by atoms with van der Waals surface area (Å²) in [7, 11) is 0. The van der Waals surface area contributed by atoms with Gasteiger partial charge >= 0.3 is 0 Å². The summed E-state index contributed by atoms with van der Waals surface area (Å²) in [6, 6.07) is 3.58. The van der Waals surface area contributed by atoms with Crippen molar-refractivity contribution in [2.45, 2.75) is 19.9 Å². The van der Waals surface area contributed by atoms with Crippen molar-refractivity contribution in [2.24, 2.45) is 0 Å². The summed E-state index contributed by atoms with van der Waals surface area (Å²) in [5, 5.41) is 20.5. The Kier molecular flexibility index (Phi) is 4.29. The number of benzene rings is 1. The zero-order chi connectivity index (χ0) is 15.7. The lowest BCUT2D eigenvalue weighted by Gasteiger charge is -2.18. The predicted octanol–water partition coefficient (Wildman–Crippen LogP) is 2.91. The van der Waals surface area contributed by atoms with E-state index in [1.165, 1.54) is 29.2 Å². The number of nitro benzene ring substituents is 1. The molecule has 0 aliphatic carbocycles. The van der Waals surface area contributed by atoms with E-state index in [9.17, 15) is 20.0 Å². The summed E-state index contributed by atoms with van der Waals surface area (Å²) in [5.41, 5.74) is 0.0619. The summed E-state index contributed by atoms with van der Waals surface area (Å²) in [5.74, 6) is -0.388. The van der Waals surface area contributed by atoms with Crippen LogP contribution in [0, 0.1) is 10.1 Å². The van der Waals surface area contributed by atoms with Gasteiger partial charge in [-0.1, -0.05) is 24.0 Å². The molecule has 0 unspecified atom stereocenters. The molecule has 1 heterocycles. The topological polar surface area (TPSA) is 83.7 Å². The highest BCUT2D eigenvalue weighted by molar-refractivity contribution is 8.26. The van der Waals surface area contributed by atoms with Crippen molar-refractivity contribution >= 4 is 46.0 Å². The van der Waals surface area contributed by atoms with Crippen LogP contribution in [0.5, 0.6) is 5.75 Å². The van der Waals surface area contributed by atoms with E-state index in [2.05, 4.69) is 0 Å². The van der Waals surface area contributed by atoms with Gasteiger partial charge in [0.2, 0.25) is 0 Å². The Bertz CT molecular complexity index is 670. The van der Waals surface area contributed by atoms with Crippen molar-refractivity contribution in [1.29, 1.82) is 0 Å². The van der Waals surface area contributed by atoms with Crippen LogP contribution in [0.1, 0.15) is 19.4 Å². The fourth-order valence-corrected chi connectivity index (χ4v) is 3.35. The maximum atomic E-state index is 12.2. The molecule has 6 nitrogen and oxygen atoms in total. The number of non-ortho nitro benzene ring substituents is 1. The molecule has 2 rings (SSSR count). The first-order valence-corrected chi connectivity index (χ1v) is 7.28. The van der Waals surface area contributed by atoms with Crippen LogP contribution < -0.4 is 0 Å². The van der Waals surface area contributed by atoms with Crippen molar-refractivity contribution in [3.05, 3.63) is 38.8 Å². The molecule has 8 heteroatoms. The smallest absolute Gasteiger partial charge is 0.270 e. The average Bonchev–Trinajstić information content (AvgIpc) is 2.66. The zero-order valence-electron chi connectivity index (χ0n) is 11.3. The number of nitro groups is 1. The minimum Gasteiger partial charge on any atom is -0.507 e. The van der Waals surface area contributed by atoms with Gasteiger partial charge in [0.1, 0.15) is 10.1 Å². The maximum Gasteiger partial charge on any atom is 0.270 e. The molecule has 0 spiro atoms. The molecule has 1 saturated heterocycles. The van der Waals surface area contributed by atoms with Crippen LogP contribution in [-0.2, 0) is 4.79 Å². The van der Waals surface area contributed by atoms with Gasteiger partial charge in [0.25, 0.3) is 11.6 Å². The number of thiocarbonyl (C=S) groups is 1. The number of phenolic OH excluding ortho intramolecular Hbond substituents is 1. The average molecular weight is 324 g/mol. The second-order valence-electron chi connectivity index (χ2n) is 4.65. The fourth-order valence-electron chi connectivity index (χ4n) is 1.84. The second kappa shape index (κ2) is 5.82. The minimum atomic E-state index is -0.559. The lowest BCUT2D eigenvalue weighted by Crippen LogP contribution is -2.34. The number of phenols is 1. The third-order valence-electron chi connectivity index (χ3n) is 2.85. The van der Waals surface area contributed by atoms with Gasteiger partial charge in [-0.25, -0.2) is 0 Å². The molecule has 1 amide bonds. The molecule has 1 aromatic rings. The third-order valence-corrected chi connectivity index (χ3v) is 4.18. The normalized spacial score (nSPS) is 17.1. The molecule has 1 fully saturated rings. The van der Waals surface area contributed by atoms with E-state index < -0.39 is 4.92 Å². The Hall–Kier alpha value is -1.93. The number of carbonyl (C=O) groups excluding carboxylic acids is 1. The number of carbonyl (C=O) groups is 1. The molecule has 1 aromatic carbocycles. The molecule has 0 aromatic heterocycles. The highest BCUT2D eigenvalue weighted by atomic mass is 32.2. The first-order chi connectivity index (χ1) is 9.81. The summed E-state index contributed by atoms with van der Waals surface area (Å²) in [6.45, 7) is 3.69. The Morgan fingerprint density at radius 3 is 2.67 bits per heavy atom. The lowest BCUT2D eigenvalue weighted by molar-refractivity contribution is -0.384. The second-order valence-corrected chi connectivity index (χ2v) is 6.32. The number of hydrogen-bond donors (Lipinski definition) is 1. The zero-order valence-corrected chi connectivity index (χ0v) is 12.9. The van der Waals surface area contributed by atoms with Crippen LogP contribution in [-0.4, -0.2) is 31.2 Å². The van der Waals surface area contributed by atoms with Crippen molar-refractivity contribution < 1.29 is 14.8 Å². The number of amides is 1. The van der Waals surface area contributed by atoms with E-state index in [1.54, 1.807) is 0 Å². The Morgan fingerprint density at radius 1 is 1.48 bits per heavy atom. The number of nitrogens with zero attached hydrogens (tertiary/aromatic N) is 2. The number of rotatable bonds is 3. The lowest BCUT2D eigenvalue weighted by atomic mass is 10.1. The van der Waals surface area contributed by atoms with Crippen LogP contribution in [0.25, 0.3) is 6.08 Å². The van der Waals surface area contributed by atoms with Crippen LogP contribution in [0.15, 0.2) is 23.1 Å². The monoisotopic (exact) mass is 324 g/mol. The fraction of sp³-hybridized carbons (Fsp3) is 0.231. The van der Waals surface area contributed by atoms with Gasteiger partial charge in [0.05, 0.1) is 9.83 Å². The highest BCUT2D eigenvalue weighted by Gasteiger charge is 2.33. The van der Waals surface area contributed by atoms with E-state index >= 15 is 0 Å². The maximum absolute atomic E-state index is 12.2. The van der Waals surface area contributed by atoms with Crippen molar-refractivity contribution in [2.75, 3.05) is 0 Å². The Labute approximate surface area is 130 Å². The van der Waals surface area contributed by atoms with Gasteiger partial charge in [-0.3, -0.25) is 19.8 Å². The van der Waals surface area contributed by atoms with E-state index in [4.69, 9.17) is 12.2 Å². The molecule has 0 bridgehead atoms. The van der Waals surface area contributed by atoms with E-state index in [-0.39, 0.29) is 28.9 Å². The van der Waals surface area contributed by atoms with Crippen LogP contribution in [0.2, 0.25) is 0 Å².